The first-order chi connectivity index (χ1) is 8.49. The van der Waals surface area contributed by atoms with Gasteiger partial charge in [-0.2, -0.15) is 0 Å². The van der Waals surface area contributed by atoms with Gasteiger partial charge in [0.25, 0.3) is 5.91 Å². The Hall–Kier alpha value is -1.43. The zero-order valence-corrected chi connectivity index (χ0v) is 11.5. The van der Waals surface area contributed by atoms with Gasteiger partial charge in [-0.15, -0.1) is 0 Å². The Balaban J connectivity index is 2.90. The highest BCUT2D eigenvalue weighted by atomic mass is 32.2. The molecule has 0 saturated heterocycles. The van der Waals surface area contributed by atoms with E-state index in [4.69, 9.17) is 9.52 Å². The molecule has 6 heteroatoms. The van der Waals surface area contributed by atoms with Crippen molar-refractivity contribution >= 4 is 23.6 Å². The summed E-state index contributed by atoms with van der Waals surface area (Å²) in [5.41, 5.74) is 0. The molecular weight excluding hydrogens is 254 g/mol. The molecule has 0 aromatic carbocycles. The zero-order valence-electron chi connectivity index (χ0n) is 10.7. The van der Waals surface area contributed by atoms with E-state index in [1.807, 2.05) is 20.1 Å². The Kier molecular flexibility index (Phi) is 5.27. The molecular formula is C12H17NO4S. The highest BCUT2D eigenvalue weighted by Crippen LogP contribution is 2.20. The van der Waals surface area contributed by atoms with Crippen LogP contribution in [0.4, 0.5) is 0 Å². The van der Waals surface area contributed by atoms with Crippen LogP contribution in [0.1, 0.15) is 30.8 Å². The minimum absolute atomic E-state index is 0.142. The third kappa shape index (κ3) is 3.53. The van der Waals surface area contributed by atoms with Gasteiger partial charge in [-0.25, -0.2) is 0 Å². The quantitative estimate of drug-likeness (QED) is 0.804. The smallest absolute Gasteiger partial charge is 0.323 e. The molecule has 1 N–H and O–H groups in total. The highest BCUT2D eigenvalue weighted by molar-refractivity contribution is 7.98. The van der Waals surface area contributed by atoms with Crippen molar-refractivity contribution in [2.45, 2.75) is 31.4 Å². The number of carboxylic acid groups (broad SMARTS) is 1. The molecule has 1 aromatic heterocycles. The normalized spacial score (nSPS) is 12.2. The molecule has 1 atom stereocenters. The van der Waals surface area contributed by atoms with E-state index >= 15 is 0 Å². The van der Waals surface area contributed by atoms with Crippen LogP contribution < -0.4 is 0 Å². The van der Waals surface area contributed by atoms with E-state index in [1.165, 1.54) is 16.7 Å². The van der Waals surface area contributed by atoms with Gasteiger partial charge in [0.2, 0.25) is 0 Å². The number of hydrogen-bond acceptors (Lipinski definition) is 4. The number of carbonyl (C=O) groups is 2. The van der Waals surface area contributed by atoms with Gasteiger partial charge in [-0.3, -0.25) is 9.59 Å². The van der Waals surface area contributed by atoms with Crippen molar-refractivity contribution in [1.82, 2.24) is 4.90 Å². The van der Waals surface area contributed by atoms with Gasteiger partial charge in [0, 0.05) is 6.04 Å². The standard InChI is InChI=1S/C12H17NO4S/c1-4-8(2)13(7-10(14)15)12(16)9-5-6-11(17-9)18-3/h5-6,8H,4,7H2,1-3H3,(H,14,15). The SMILES string of the molecule is CCC(C)N(CC(=O)O)C(=O)c1ccc(SC)o1. The van der Waals surface area contributed by atoms with Crippen LogP contribution in [-0.4, -0.2) is 40.7 Å². The molecule has 0 fully saturated rings. The molecule has 5 nitrogen and oxygen atoms in total. The number of carbonyl (C=O) groups excluding carboxylic acids is 1. The van der Waals surface area contributed by atoms with Crippen molar-refractivity contribution in [1.29, 1.82) is 0 Å². The number of nitrogens with zero attached hydrogens (tertiary/aromatic N) is 1. The van der Waals surface area contributed by atoms with E-state index < -0.39 is 5.97 Å². The molecule has 18 heavy (non-hydrogen) atoms. The summed E-state index contributed by atoms with van der Waals surface area (Å²) in [5.74, 6) is -1.23. The summed E-state index contributed by atoms with van der Waals surface area (Å²) in [6, 6.07) is 3.13. The zero-order chi connectivity index (χ0) is 13.7. The fourth-order valence-corrected chi connectivity index (χ4v) is 1.86. The first-order valence-electron chi connectivity index (χ1n) is 5.66. The molecule has 0 spiro atoms. The molecule has 0 aliphatic carbocycles. The summed E-state index contributed by atoms with van der Waals surface area (Å²) < 4.78 is 5.33. The minimum Gasteiger partial charge on any atom is -0.480 e. The van der Waals surface area contributed by atoms with Crippen LogP contribution in [0, 0.1) is 0 Å². The maximum atomic E-state index is 12.2. The molecule has 1 rings (SSSR count). The second-order valence-corrected chi connectivity index (χ2v) is 4.72. The van der Waals surface area contributed by atoms with Crippen molar-refractivity contribution in [3.8, 4) is 0 Å². The predicted octanol–water partition coefficient (Wildman–Crippen LogP) is 2.33. The molecule has 0 radical (unpaired) electrons. The Labute approximate surface area is 110 Å². The second-order valence-electron chi connectivity index (χ2n) is 3.91. The van der Waals surface area contributed by atoms with Crippen LogP contribution in [0.15, 0.2) is 21.6 Å². The fraction of sp³-hybridized carbons (Fsp3) is 0.500. The molecule has 1 heterocycles. The average Bonchev–Trinajstić information content (AvgIpc) is 2.82. The molecule has 0 bridgehead atoms. The third-order valence-electron chi connectivity index (χ3n) is 2.68. The van der Waals surface area contributed by atoms with E-state index in [9.17, 15) is 9.59 Å². The summed E-state index contributed by atoms with van der Waals surface area (Å²) in [4.78, 5) is 24.3. The number of carboxylic acids is 1. The van der Waals surface area contributed by atoms with Gasteiger partial charge < -0.3 is 14.4 Å². The second kappa shape index (κ2) is 6.49. The maximum absolute atomic E-state index is 12.2. The largest absolute Gasteiger partial charge is 0.480 e. The van der Waals surface area contributed by atoms with Crippen LogP contribution in [0.3, 0.4) is 0 Å². The number of rotatable bonds is 6. The Bertz CT molecular complexity index is 429. The molecule has 0 aliphatic heterocycles. The third-order valence-corrected chi connectivity index (χ3v) is 3.30. The molecule has 0 aliphatic rings. The maximum Gasteiger partial charge on any atom is 0.323 e. The monoisotopic (exact) mass is 271 g/mol. The molecule has 1 aromatic rings. The van der Waals surface area contributed by atoms with Gasteiger partial charge in [-0.05, 0) is 31.7 Å². The summed E-state index contributed by atoms with van der Waals surface area (Å²) in [6.07, 6.45) is 2.53. The van der Waals surface area contributed by atoms with Crippen LogP contribution in [0.25, 0.3) is 0 Å². The van der Waals surface area contributed by atoms with Crippen molar-refractivity contribution in [3.63, 3.8) is 0 Å². The Morgan fingerprint density at radius 3 is 2.61 bits per heavy atom. The van der Waals surface area contributed by atoms with Gasteiger partial charge in [0.1, 0.15) is 6.54 Å². The Morgan fingerprint density at radius 2 is 2.17 bits per heavy atom. The lowest BCUT2D eigenvalue weighted by Gasteiger charge is -2.25. The predicted molar refractivity (Wildman–Crippen MR) is 68.9 cm³/mol. The number of amides is 1. The van der Waals surface area contributed by atoms with Crippen molar-refractivity contribution in [3.05, 3.63) is 17.9 Å². The lowest BCUT2D eigenvalue weighted by molar-refractivity contribution is -0.138. The first-order valence-corrected chi connectivity index (χ1v) is 6.88. The minimum atomic E-state index is -1.03. The van der Waals surface area contributed by atoms with Crippen LogP contribution in [-0.2, 0) is 4.79 Å². The van der Waals surface area contributed by atoms with Crippen LogP contribution >= 0.6 is 11.8 Å². The van der Waals surface area contributed by atoms with Crippen molar-refractivity contribution in [2.75, 3.05) is 12.8 Å². The summed E-state index contributed by atoms with van der Waals surface area (Å²) >= 11 is 1.39. The van der Waals surface area contributed by atoms with Crippen molar-refractivity contribution in [2.24, 2.45) is 0 Å². The molecule has 0 saturated carbocycles. The topological polar surface area (TPSA) is 70.8 Å². The van der Waals surface area contributed by atoms with E-state index in [0.29, 0.717) is 11.5 Å². The molecule has 1 amide bonds. The number of furan rings is 1. The van der Waals surface area contributed by atoms with E-state index in [-0.39, 0.29) is 24.3 Å². The number of aliphatic carboxylic acids is 1. The van der Waals surface area contributed by atoms with Gasteiger partial charge in [-0.1, -0.05) is 18.7 Å². The fourth-order valence-electron chi connectivity index (χ4n) is 1.48. The molecule has 100 valence electrons. The lowest BCUT2D eigenvalue weighted by Crippen LogP contribution is -2.41. The van der Waals surface area contributed by atoms with E-state index in [1.54, 1.807) is 12.1 Å². The van der Waals surface area contributed by atoms with E-state index in [2.05, 4.69) is 0 Å². The Morgan fingerprint density at radius 1 is 1.50 bits per heavy atom. The highest BCUT2D eigenvalue weighted by Gasteiger charge is 2.25. The van der Waals surface area contributed by atoms with Crippen molar-refractivity contribution < 1.29 is 19.1 Å². The average molecular weight is 271 g/mol. The first kappa shape index (κ1) is 14.6. The summed E-state index contributed by atoms with van der Waals surface area (Å²) in [6.45, 7) is 3.41. The number of hydrogen-bond donors (Lipinski definition) is 1. The van der Waals surface area contributed by atoms with Gasteiger partial charge in [0.15, 0.2) is 10.9 Å². The lowest BCUT2D eigenvalue weighted by atomic mass is 10.2. The van der Waals surface area contributed by atoms with Gasteiger partial charge in [0.05, 0.1) is 0 Å². The summed E-state index contributed by atoms with van der Waals surface area (Å²) in [7, 11) is 0. The molecule has 1 unspecified atom stereocenters. The van der Waals surface area contributed by atoms with E-state index in [0.717, 1.165) is 0 Å². The van der Waals surface area contributed by atoms with Crippen LogP contribution in [0.5, 0.6) is 0 Å². The van der Waals surface area contributed by atoms with Gasteiger partial charge >= 0.3 is 5.97 Å². The summed E-state index contributed by atoms with van der Waals surface area (Å²) in [5, 5.41) is 9.48. The van der Waals surface area contributed by atoms with Crippen LogP contribution in [0.2, 0.25) is 0 Å². The number of thioether (sulfide) groups is 1.